The van der Waals surface area contributed by atoms with Crippen LogP contribution in [-0.2, 0) is 11.3 Å². The molecule has 0 radical (unpaired) electrons. The normalized spacial score (nSPS) is 18.6. The fourth-order valence-corrected chi connectivity index (χ4v) is 3.65. The van der Waals surface area contributed by atoms with Gasteiger partial charge in [-0.2, -0.15) is 0 Å². The standard InChI is InChI=1S/C20H20FN3O3/c21-16-6-4-15(5-7-16)13-24-14-20(27-19(24)26)8-11-23(12-9-20)18(25)17-3-1-2-10-22-17/h1-7,10H,8-9,11-14H2. The molecule has 140 valence electrons. The number of pyridine rings is 1. The fourth-order valence-electron chi connectivity index (χ4n) is 3.65. The van der Waals surface area contributed by atoms with Crippen LogP contribution >= 0.6 is 0 Å². The Kier molecular flexibility index (Phi) is 4.51. The summed E-state index contributed by atoms with van der Waals surface area (Å²) in [6.07, 6.45) is 2.43. The molecule has 2 amide bonds. The average molecular weight is 369 g/mol. The first-order valence-electron chi connectivity index (χ1n) is 8.97. The van der Waals surface area contributed by atoms with Gasteiger partial charge in [-0.05, 0) is 29.8 Å². The number of ether oxygens (including phenoxy) is 1. The Hall–Kier alpha value is -2.96. The van der Waals surface area contributed by atoms with E-state index in [0.29, 0.717) is 44.7 Å². The number of hydrogen-bond donors (Lipinski definition) is 0. The number of carbonyl (C=O) groups excluding carboxylic acids is 2. The highest BCUT2D eigenvalue weighted by Crippen LogP contribution is 2.34. The van der Waals surface area contributed by atoms with Crippen molar-refractivity contribution in [2.45, 2.75) is 25.0 Å². The number of nitrogens with zero attached hydrogens (tertiary/aromatic N) is 3. The molecule has 7 heteroatoms. The first-order chi connectivity index (χ1) is 13.0. The van der Waals surface area contributed by atoms with Gasteiger partial charge in [-0.3, -0.25) is 14.7 Å². The lowest BCUT2D eigenvalue weighted by molar-refractivity contribution is 0.00296. The molecule has 2 saturated heterocycles. The van der Waals surface area contributed by atoms with Gasteiger partial charge in [-0.1, -0.05) is 18.2 Å². The SMILES string of the molecule is O=C1OC2(CCN(C(=O)c3ccccn3)CC2)CN1Cc1ccc(F)cc1. The topological polar surface area (TPSA) is 62.7 Å². The van der Waals surface area contributed by atoms with Crippen LogP contribution in [0.5, 0.6) is 0 Å². The van der Waals surface area contributed by atoms with Crippen LogP contribution in [0.2, 0.25) is 0 Å². The third-order valence-corrected chi connectivity index (χ3v) is 5.17. The summed E-state index contributed by atoms with van der Waals surface area (Å²) in [5.41, 5.74) is 0.723. The Morgan fingerprint density at radius 3 is 2.56 bits per heavy atom. The van der Waals surface area contributed by atoms with E-state index in [0.717, 1.165) is 5.56 Å². The predicted octanol–water partition coefficient (Wildman–Crippen LogP) is 2.85. The number of hydrogen-bond acceptors (Lipinski definition) is 4. The van der Waals surface area contributed by atoms with Crippen LogP contribution in [0.15, 0.2) is 48.7 Å². The van der Waals surface area contributed by atoms with Crippen molar-refractivity contribution in [3.05, 3.63) is 65.7 Å². The van der Waals surface area contributed by atoms with Crippen LogP contribution in [0.4, 0.5) is 9.18 Å². The molecule has 2 aliphatic rings. The molecule has 1 spiro atoms. The summed E-state index contributed by atoms with van der Waals surface area (Å²) in [5, 5.41) is 0. The molecule has 0 atom stereocenters. The number of likely N-dealkylation sites (tertiary alicyclic amines) is 1. The van der Waals surface area contributed by atoms with Crippen molar-refractivity contribution in [1.29, 1.82) is 0 Å². The average Bonchev–Trinajstić information content (AvgIpc) is 2.99. The van der Waals surface area contributed by atoms with Gasteiger partial charge in [0.1, 0.15) is 17.1 Å². The van der Waals surface area contributed by atoms with E-state index in [9.17, 15) is 14.0 Å². The zero-order valence-corrected chi connectivity index (χ0v) is 14.8. The summed E-state index contributed by atoms with van der Waals surface area (Å²) in [6.45, 7) is 1.91. The van der Waals surface area contributed by atoms with Crippen LogP contribution in [0.3, 0.4) is 0 Å². The predicted molar refractivity (Wildman–Crippen MR) is 95.4 cm³/mol. The lowest BCUT2D eigenvalue weighted by Gasteiger charge is -2.37. The summed E-state index contributed by atoms with van der Waals surface area (Å²) in [5.74, 6) is -0.401. The van der Waals surface area contributed by atoms with Crippen LogP contribution in [-0.4, -0.2) is 52.0 Å². The minimum atomic E-state index is -0.558. The van der Waals surface area contributed by atoms with Gasteiger partial charge in [0.05, 0.1) is 6.54 Å². The van der Waals surface area contributed by atoms with Crippen molar-refractivity contribution in [1.82, 2.24) is 14.8 Å². The maximum Gasteiger partial charge on any atom is 0.410 e. The van der Waals surface area contributed by atoms with Gasteiger partial charge in [0.25, 0.3) is 5.91 Å². The molecular formula is C20H20FN3O3. The van der Waals surface area contributed by atoms with Gasteiger partial charge in [0.15, 0.2) is 0 Å². The molecule has 0 N–H and O–H groups in total. The Morgan fingerprint density at radius 2 is 1.89 bits per heavy atom. The lowest BCUT2D eigenvalue weighted by Crippen LogP contribution is -2.48. The first-order valence-corrected chi connectivity index (χ1v) is 8.97. The molecule has 3 heterocycles. The highest BCUT2D eigenvalue weighted by Gasteiger charge is 2.47. The van der Waals surface area contributed by atoms with Crippen LogP contribution in [0.1, 0.15) is 28.9 Å². The molecule has 1 aromatic heterocycles. The third kappa shape index (κ3) is 3.63. The molecule has 2 aliphatic heterocycles. The Balaban J connectivity index is 1.37. The highest BCUT2D eigenvalue weighted by molar-refractivity contribution is 5.92. The molecule has 1 aromatic carbocycles. The number of benzene rings is 1. The molecule has 6 nitrogen and oxygen atoms in total. The van der Waals surface area contributed by atoms with E-state index in [1.54, 1.807) is 46.3 Å². The molecule has 0 saturated carbocycles. The highest BCUT2D eigenvalue weighted by atomic mass is 19.1. The second kappa shape index (κ2) is 6.98. The van der Waals surface area contributed by atoms with Crippen molar-refractivity contribution in [3.63, 3.8) is 0 Å². The third-order valence-electron chi connectivity index (χ3n) is 5.17. The fraction of sp³-hybridized carbons (Fsp3) is 0.350. The van der Waals surface area contributed by atoms with Gasteiger partial charge >= 0.3 is 6.09 Å². The van der Waals surface area contributed by atoms with Crippen molar-refractivity contribution in [2.24, 2.45) is 0 Å². The molecule has 0 aliphatic carbocycles. The lowest BCUT2D eigenvalue weighted by atomic mass is 9.91. The Bertz CT molecular complexity index is 833. The summed E-state index contributed by atoms with van der Waals surface area (Å²) in [4.78, 5) is 32.3. The second-order valence-electron chi connectivity index (χ2n) is 7.04. The van der Waals surface area contributed by atoms with Gasteiger partial charge in [-0.25, -0.2) is 9.18 Å². The van der Waals surface area contributed by atoms with Crippen molar-refractivity contribution < 1.29 is 18.7 Å². The molecule has 4 rings (SSSR count). The van der Waals surface area contributed by atoms with Crippen molar-refractivity contribution >= 4 is 12.0 Å². The number of amides is 2. The summed E-state index contributed by atoms with van der Waals surface area (Å²) >= 11 is 0. The summed E-state index contributed by atoms with van der Waals surface area (Å²) in [6, 6.07) is 11.4. The van der Waals surface area contributed by atoms with Gasteiger partial charge in [0, 0.05) is 38.7 Å². The zero-order chi connectivity index (χ0) is 18.9. The van der Waals surface area contributed by atoms with Crippen molar-refractivity contribution in [3.8, 4) is 0 Å². The maximum atomic E-state index is 13.0. The van der Waals surface area contributed by atoms with E-state index in [2.05, 4.69) is 4.98 Å². The minimum Gasteiger partial charge on any atom is -0.441 e. The molecule has 2 fully saturated rings. The largest absolute Gasteiger partial charge is 0.441 e. The molecule has 2 aromatic rings. The van der Waals surface area contributed by atoms with Gasteiger partial charge in [0.2, 0.25) is 0 Å². The van der Waals surface area contributed by atoms with E-state index in [1.807, 2.05) is 0 Å². The number of rotatable bonds is 3. The first kappa shape index (κ1) is 17.5. The molecule has 0 bridgehead atoms. The Labute approximate surface area is 156 Å². The number of piperidine rings is 1. The molecule has 0 unspecified atom stereocenters. The van der Waals surface area contributed by atoms with Crippen molar-refractivity contribution in [2.75, 3.05) is 19.6 Å². The number of halogens is 1. The second-order valence-corrected chi connectivity index (χ2v) is 7.04. The van der Waals surface area contributed by atoms with E-state index in [4.69, 9.17) is 4.74 Å². The van der Waals surface area contributed by atoms with Gasteiger partial charge < -0.3 is 9.64 Å². The monoisotopic (exact) mass is 369 g/mol. The zero-order valence-electron chi connectivity index (χ0n) is 14.8. The van der Waals surface area contributed by atoms with E-state index >= 15 is 0 Å². The smallest absolute Gasteiger partial charge is 0.410 e. The quantitative estimate of drug-likeness (QED) is 0.835. The van der Waals surface area contributed by atoms with Crippen LogP contribution in [0, 0.1) is 5.82 Å². The molecular weight excluding hydrogens is 349 g/mol. The van der Waals surface area contributed by atoms with Crippen LogP contribution < -0.4 is 0 Å². The van der Waals surface area contributed by atoms with Crippen LogP contribution in [0.25, 0.3) is 0 Å². The number of carbonyl (C=O) groups is 2. The molecule has 27 heavy (non-hydrogen) atoms. The maximum absolute atomic E-state index is 13.0. The summed E-state index contributed by atoms with van der Waals surface area (Å²) in [7, 11) is 0. The van der Waals surface area contributed by atoms with E-state index < -0.39 is 5.60 Å². The number of aromatic nitrogens is 1. The van der Waals surface area contributed by atoms with Gasteiger partial charge in [-0.15, -0.1) is 0 Å². The minimum absolute atomic E-state index is 0.0991. The van der Waals surface area contributed by atoms with E-state index in [-0.39, 0.29) is 17.8 Å². The summed E-state index contributed by atoms with van der Waals surface area (Å²) < 4.78 is 18.7. The van der Waals surface area contributed by atoms with E-state index in [1.165, 1.54) is 12.1 Å². The Morgan fingerprint density at radius 1 is 1.15 bits per heavy atom.